The van der Waals surface area contributed by atoms with E-state index in [1.165, 1.54) is 18.2 Å². The molecule has 0 atom stereocenters. The Bertz CT molecular complexity index is 1220. The van der Waals surface area contributed by atoms with E-state index in [4.69, 9.17) is 14.2 Å². The highest BCUT2D eigenvalue weighted by Gasteiger charge is 2.23. The lowest BCUT2D eigenvalue weighted by molar-refractivity contribution is -0.159. The molecular weight excluding hydrogens is 489 g/mol. The molecule has 3 aromatic carbocycles. The summed E-state index contributed by atoms with van der Waals surface area (Å²) in [6.07, 6.45) is 8.58. The third-order valence-corrected chi connectivity index (χ3v) is 6.80. The SMILES string of the molecule is CC=CC1OCC(c2ccc(-c3ccc(-c4ccc(OCCCCCCC)c(F)c4F)cc3)c(F)c2)CO1. The summed E-state index contributed by atoms with van der Waals surface area (Å²) in [5.41, 5.74) is 2.52. The summed E-state index contributed by atoms with van der Waals surface area (Å²) in [5.74, 6) is -2.43. The Kier molecular flexibility index (Phi) is 10.0. The number of ether oxygens (including phenoxy) is 3. The zero-order valence-corrected chi connectivity index (χ0v) is 22.0. The average molecular weight is 525 g/mol. The highest BCUT2D eigenvalue weighted by Crippen LogP contribution is 2.33. The standard InChI is InChI=1S/C32H35F3O3/c1-3-5-6-7-8-18-36-29-17-16-27(31(34)32(29)35)23-12-10-22(11-13-23)26-15-14-24(19-28(26)33)25-20-37-30(9-4-2)38-21-25/h4,9-17,19,25,30H,3,5-8,18,20-21H2,1-2H3. The van der Waals surface area contributed by atoms with Gasteiger partial charge in [0.25, 0.3) is 0 Å². The van der Waals surface area contributed by atoms with Crippen molar-refractivity contribution in [2.45, 2.75) is 58.2 Å². The molecule has 0 saturated carbocycles. The predicted molar refractivity (Wildman–Crippen MR) is 145 cm³/mol. The lowest BCUT2D eigenvalue weighted by Crippen LogP contribution is -2.29. The molecule has 0 bridgehead atoms. The molecule has 0 N–H and O–H groups in total. The van der Waals surface area contributed by atoms with E-state index in [9.17, 15) is 8.78 Å². The van der Waals surface area contributed by atoms with Crippen LogP contribution in [0.15, 0.2) is 66.7 Å². The lowest BCUT2D eigenvalue weighted by Gasteiger charge is -2.28. The molecule has 0 unspecified atom stereocenters. The van der Waals surface area contributed by atoms with E-state index in [-0.39, 0.29) is 29.3 Å². The second-order valence-corrected chi connectivity index (χ2v) is 9.58. The minimum atomic E-state index is -0.991. The van der Waals surface area contributed by atoms with Crippen molar-refractivity contribution in [1.29, 1.82) is 0 Å². The molecule has 1 fully saturated rings. The molecule has 0 radical (unpaired) electrons. The van der Waals surface area contributed by atoms with Crippen LogP contribution in [-0.4, -0.2) is 26.1 Å². The van der Waals surface area contributed by atoms with E-state index in [2.05, 4.69) is 6.92 Å². The fourth-order valence-electron chi connectivity index (χ4n) is 4.58. The third-order valence-electron chi connectivity index (χ3n) is 6.80. The van der Waals surface area contributed by atoms with Gasteiger partial charge in [0.1, 0.15) is 5.82 Å². The third kappa shape index (κ3) is 6.86. The monoisotopic (exact) mass is 524 g/mol. The van der Waals surface area contributed by atoms with Crippen molar-refractivity contribution in [3.8, 4) is 28.0 Å². The van der Waals surface area contributed by atoms with E-state index >= 15 is 4.39 Å². The van der Waals surface area contributed by atoms with Gasteiger partial charge in [0.2, 0.25) is 5.82 Å². The molecule has 1 aliphatic rings. The van der Waals surface area contributed by atoms with Gasteiger partial charge in [-0.3, -0.25) is 0 Å². The summed E-state index contributed by atoms with van der Waals surface area (Å²) in [7, 11) is 0. The fourth-order valence-corrected chi connectivity index (χ4v) is 4.58. The Morgan fingerprint density at radius 3 is 2.13 bits per heavy atom. The molecule has 0 aliphatic carbocycles. The summed E-state index contributed by atoms with van der Waals surface area (Å²) in [5, 5.41) is 0. The molecule has 0 spiro atoms. The highest BCUT2D eigenvalue weighted by atomic mass is 19.2. The maximum absolute atomic E-state index is 15.0. The van der Waals surface area contributed by atoms with Crippen LogP contribution < -0.4 is 4.74 Å². The largest absolute Gasteiger partial charge is 0.490 e. The van der Waals surface area contributed by atoms with Gasteiger partial charge in [-0.1, -0.05) is 75.1 Å². The van der Waals surface area contributed by atoms with Gasteiger partial charge >= 0.3 is 0 Å². The van der Waals surface area contributed by atoms with Gasteiger partial charge in [-0.2, -0.15) is 4.39 Å². The van der Waals surface area contributed by atoms with E-state index < -0.39 is 11.6 Å². The molecule has 0 aromatic heterocycles. The number of allylic oxidation sites excluding steroid dienone is 1. The molecule has 3 aromatic rings. The van der Waals surface area contributed by atoms with Crippen molar-refractivity contribution in [3.05, 3.63) is 89.8 Å². The number of rotatable bonds is 11. The topological polar surface area (TPSA) is 27.7 Å². The van der Waals surface area contributed by atoms with Gasteiger partial charge in [-0.05, 0) is 54.3 Å². The first kappa shape index (κ1) is 27.9. The summed E-state index contributed by atoms with van der Waals surface area (Å²) >= 11 is 0. The molecule has 0 amide bonds. The first-order valence-corrected chi connectivity index (χ1v) is 13.4. The lowest BCUT2D eigenvalue weighted by atomic mass is 9.95. The van der Waals surface area contributed by atoms with Crippen LogP contribution >= 0.6 is 0 Å². The minimum Gasteiger partial charge on any atom is -0.490 e. The zero-order chi connectivity index (χ0) is 26.9. The first-order valence-electron chi connectivity index (χ1n) is 13.4. The van der Waals surface area contributed by atoms with Crippen LogP contribution in [0.4, 0.5) is 13.2 Å². The Balaban J connectivity index is 1.41. The maximum Gasteiger partial charge on any atom is 0.201 e. The minimum absolute atomic E-state index is 0.0479. The van der Waals surface area contributed by atoms with Crippen molar-refractivity contribution in [1.82, 2.24) is 0 Å². The van der Waals surface area contributed by atoms with Crippen LogP contribution in [0.5, 0.6) is 5.75 Å². The van der Waals surface area contributed by atoms with Crippen molar-refractivity contribution >= 4 is 0 Å². The Labute approximate surface area is 223 Å². The van der Waals surface area contributed by atoms with Gasteiger partial charge in [0.05, 0.1) is 19.8 Å². The first-order chi connectivity index (χ1) is 18.5. The Hall–Kier alpha value is -3.09. The fraction of sp³-hybridized carbons (Fsp3) is 0.375. The van der Waals surface area contributed by atoms with Gasteiger partial charge < -0.3 is 14.2 Å². The highest BCUT2D eigenvalue weighted by molar-refractivity contribution is 5.71. The van der Waals surface area contributed by atoms with Gasteiger partial charge in [0.15, 0.2) is 17.9 Å². The summed E-state index contributed by atoms with van der Waals surface area (Å²) in [6, 6.07) is 14.8. The number of hydrogen-bond donors (Lipinski definition) is 0. The average Bonchev–Trinajstić information content (AvgIpc) is 2.94. The summed E-state index contributed by atoms with van der Waals surface area (Å²) in [4.78, 5) is 0. The van der Waals surface area contributed by atoms with Crippen LogP contribution in [0.2, 0.25) is 0 Å². The van der Waals surface area contributed by atoms with Gasteiger partial charge in [0, 0.05) is 17.0 Å². The zero-order valence-electron chi connectivity index (χ0n) is 22.0. The molecule has 6 heteroatoms. The number of unbranched alkanes of at least 4 members (excludes halogenated alkanes) is 4. The van der Waals surface area contributed by atoms with Crippen LogP contribution in [-0.2, 0) is 9.47 Å². The van der Waals surface area contributed by atoms with E-state index in [1.54, 1.807) is 30.3 Å². The second kappa shape index (κ2) is 13.6. The summed E-state index contributed by atoms with van der Waals surface area (Å²) in [6.45, 7) is 5.30. The van der Waals surface area contributed by atoms with Crippen LogP contribution in [0.1, 0.15) is 57.4 Å². The molecule has 202 valence electrons. The normalized spacial score (nSPS) is 17.7. The molecule has 3 nitrogen and oxygen atoms in total. The maximum atomic E-state index is 15.0. The quantitative estimate of drug-likeness (QED) is 0.185. The number of benzene rings is 3. The molecule has 4 rings (SSSR count). The van der Waals surface area contributed by atoms with Crippen molar-refractivity contribution in [2.24, 2.45) is 0 Å². The number of halogens is 3. The van der Waals surface area contributed by atoms with Crippen LogP contribution in [0.25, 0.3) is 22.3 Å². The van der Waals surface area contributed by atoms with Crippen molar-refractivity contribution in [3.63, 3.8) is 0 Å². The predicted octanol–water partition coefficient (Wildman–Crippen LogP) is 8.82. The second-order valence-electron chi connectivity index (χ2n) is 9.58. The number of hydrogen-bond acceptors (Lipinski definition) is 3. The molecule has 1 heterocycles. The van der Waals surface area contributed by atoms with E-state index in [0.29, 0.717) is 36.5 Å². The molecule has 1 saturated heterocycles. The van der Waals surface area contributed by atoms with Crippen LogP contribution in [0, 0.1) is 17.5 Å². The smallest absolute Gasteiger partial charge is 0.201 e. The molecule has 38 heavy (non-hydrogen) atoms. The van der Waals surface area contributed by atoms with E-state index in [1.807, 2.05) is 25.1 Å². The Morgan fingerprint density at radius 1 is 0.816 bits per heavy atom. The van der Waals surface area contributed by atoms with Crippen molar-refractivity contribution < 1.29 is 27.4 Å². The molecule has 1 aliphatic heterocycles. The van der Waals surface area contributed by atoms with Gasteiger partial charge in [-0.25, -0.2) is 8.78 Å². The van der Waals surface area contributed by atoms with Crippen LogP contribution in [0.3, 0.4) is 0 Å². The van der Waals surface area contributed by atoms with E-state index in [0.717, 1.165) is 37.7 Å². The Morgan fingerprint density at radius 2 is 1.47 bits per heavy atom. The molecular formula is C32H35F3O3. The summed E-state index contributed by atoms with van der Waals surface area (Å²) < 4.78 is 61.4. The van der Waals surface area contributed by atoms with Gasteiger partial charge in [-0.15, -0.1) is 0 Å². The van der Waals surface area contributed by atoms with Crippen molar-refractivity contribution in [2.75, 3.05) is 19.8 Å².